The van der Waals surface area contributed by atoms with Crippen molar-refractivity contribution >= 4 is 17.2 Å². The van der Waals surface area contributed by atoms with Gasteiger partial charge < -0.3 is 11.1 Å². The number of carbonyl (C=O) groups excluding carboxylic acids is 1. The molecule has 0 saturated heterocycles. The Hall–Kier alpha value is -0.940. The van der Waals surface area contributed by atoms with E-state index in [9.17, 15) is 4.79 Å². The molecule has 0 bridgehead atoms. The lowest BCUT2D eigenvalue weighted by Gasteiger charge is -2.18. The van der Waals surface area contributed by atoms with Crippen LogP contribution in [0.3, 0.4) is 0 Å². The van der Waals surface area contributed by atoms with Crippen LogP contribution >= 0.6 is 11.3 Å². The molecule has 5 heteroatoms. The van der Waals surface area contributed by atoms with Crippen LogP contribution in [0.5, 0.6) is 0 Å². The molecule has 0 saturated carbocycles. The van der Waals surface area contributed by atoms with E-state index in [2.05, 4.69) is 24.1 Å². The molecule has 108 valence electrons. The molecule has 0 aliphatic heterocycles. The van der Waals surface area contributed by atoms with Crippen molar-refractivity contribution in [1.82, 2.24) is 10.3 Å². The van der Waals surface area contributed by atoms with Gasteiger partial charge in [-0.3, -0.25) is 4.79 Å². The van der Waals surface area contributed by atoms with E-state index < -0.39 is 0 Å². The first-order chi connectivity index (χ1) is 8.92. The van der Waals surface area contributed by atoms with E-state index in [-0.39, 0.29) is 17.9 Å². The Bertz CT molecular complexity index is 403. The number of aromatic nitrogens is 1. The van der Waals surface area contributed by atoms with Crippen molar-refractivity contribution in [2.24, 2.45) is 17.6 Å². The number of aryl methyl sites for hydroxylation is 1. The third-order valence-corrected chi connectivity index (χ3v) is 4.09. The summed E-state index contributed by atoms with van der Waals surface area (Å²) in [7, 11) is 0. The molecule has 3 N–H and O–H groups in total. The summed E-state index contributed by atoms with van der Waals surface area (Å²) in [5.74, 6) is 0.905. The molecule has 0 aromatic carbocycles. The van der Waals surface area contributed by atoms with Gasteiger partial charge >= 0.3 is 0 Å². The number of hydrogen-bond donors (Lipinski definition) is 2. The standard InChI is InChI=1S/C14H25N3OS/c1-9(2)5-12(7-15)6-13(18)17-11(4)14-16-8-10(3)19-14/h8-9,11-12H,5-7,15H2,1-4H3,(H,17,18)/t11?,12-/m0/s1. The van der Waals surface area contributed by atoms with Crippen LogP contribution in [0.2, 0.25) is 0 Å². The van der Waals surface area contributed by atoms with E-state index in [1.54, 1.807) is 11.3 Å². The Kier molecular flexibility index (Phi) is 6.45. The van der Waals surface area contributed by atoms with E-state index in [0.29, 0.717) is 18.9 Å². The van der Waals surface area contributed by atoms with Gasteiger partial charge in [-0.05, 0) is 38.6 Å². The molecule has 1 amide bonds. The minimum Gasteiger partial charge on any atom is -0.347 e. The lowest BCUT2D eigenvalue weighted by Crippen LogP contribution is -2.30. The Balaban J connectivity index is 2.45. The summed E-state index contributed by atoms with van der Waals surface area (Å²) >= 11 is 1.62. The van der Waals surface area contributed by atoms with Crippen molar-refractivity contribution < 1.29 is 4.79 Å². The molecule has 0 aliphatic carbocycles. The van der Waals surface area contributed by atoms with Gasteiger partial charge in [-0.1, -0.05) is 13.8 Å². The lowest BCUT2D eigenvalue weighted by molar-refractivity contribution is -0.122. The maximum Gasteiger partial charge on any atom is 0.220 e. The average molecular weight is 283 g/mol. The quantitative estimate of drug-likeness (QED) is 0.808. The fourth-order valence-electron chi connectivity index (χ4n) is 2.13. The molecular weight excluding hydrogens is 258 g/mol. The van der Waals surface area contributed by atoms with Gasteiger partial charge in [-0.15, -0.1) is 11.3 Å². The molecule has 4 nitrogen and oxygen atoms in total. The second-order valence-corrected chi connectivity index (χ2v) is 6.80. The Morgan fingerprint density at radius 1 is 1.47 bits per heavy atom. The van der Waals surface area contributed by atoms with Gasteiger partial charge in [0.05, 0.1) is 6.04 Å². The molecule has 0 radical (unpaired) electrons. The Morgan fingerprint density at radius 2 is 2.16 bits per heavy atom. The molecule has 0 aliphatic rings. The SMILES string of the molecule is Cc1cnc(C(C)NC(=O)C[C@@H](CN)CC(C)C)s1. The van der Waals surface area contributed by atoms with E-state index in [1.807, 2.05) is 20.0 Å². The fourth-order valence-corrected chi connectivity index (χ4v) is 2.90. The molecule has 0 fully saturated rings. The van der Waals surface area contributed by atoms with Crippen LogP contribution in [-0.2, 0) is 4.79 Å². The second kappa shape index (κ2) is 7.60. The number of amides is 1. The predicted octanol–water partition coefficient (Wildman–Crippen LogP) is 2.64. The van der Waals surface area contributed by atoms with Gasteiger partial charge in [0, 0.05) is 17.5 Å². The van der Waals surface area contributed by atoms with E-state index in [4.69, 9.17) is 5.73 Å². The van der Waals surface area contributed by atoms with Crippen LogP contribution < -0.4 is 11.1 Å². The highest BCUT2D eigenvalue weighted by Crippen LogP contribution is 2.20. The fraction of sp³-hybridized carbons (Fsp3) is 0.714. The van der Waals surface area contributed by atoms with Gasteiger partial charge in [0.2, 0.25) is 5.91 Å². The number of nitrogens with zero attached hydrogens (tertiary/aromatic N) is 1. The van der Waals surface area contributed by atoms with Crippen LogP contribution in [0.4, 0.5) is 0 Å². The van der Waals surface area contributed by atoms with E-state index in [1.165, 1.54) is 0 Å². The second-order valence-electron chi connectivity index (χ2n) is 5.53. The van der Waals surface area contributed by atoms with Crippen molar-refractivity contribution in [3.05, 3.63) is 16.1 Å². The summed E-state index contributed by atoms with van der Waals surface area (Å²) in [6, 6.07) is -0.0244. The third kappa shape index (κ3) is 5.70. The molecule has 1 aromatic rings. The molecule has 19 heavy (non-hydrogen) atoms. The number of thiazole rings is 1. The molecule has 1 aromatic heterocycles. The highest BCUT2D eigenvalue weighted by Gasteiger charge is 2.17. The summed E-state index contributed by atoms with van der Waals surface area (Å²) in [6.07, 6.45) is 3.34. The summed E-state index contributed by atoms with van der Waals surface area (Å²) < 4.78 is 0. The summed E-state index contributed by atoms with van der Waals surface area (Å²) in [5.41, 5.74) is 5.72. The summed E-state index contributed by atoms with van der Waals surface area (Å²) in [4.78, 5) is 17.5. The van der Waals surface area contributed by atoms with E-state index >= 15 is 0 Å². The van der Waals surface area contributed by atoms with Crippen molar-refractivity contribution in [1.29, 1.82) is 0 Å². The molecule has 1 rings (SSSR count). The van der Waals surface area contributed by atoms with Crippen molar-refractivity contribution in [2.75, 3.05) is 6.54 Å². The zero-order chi connectivity index (χ0) is 14.4. The van der Waals surface area contributed by atoms with E-state index in [0.717, 1.165) is 16.3 Å². The minimum absolute atomic E-state index is 0.0244. The molecular formula is C14H25N3OS. The number of nitrogens with two attached hydrogens (primary N) is 1. The smallest absolute Gasteiger partial charge is 0.220 e. The molecule has 2 atom stereocenters. The van der Waals surface area contributed by atoms with Gasteiger partial charge in [-0.2, -0.15) is 0 Å². The molecule has 1 unspecified atom stereocenters. The highest BCUT2D eigenvalue weighted by molar-refractivity contribution is 7.11. The first kappa shape index (κ1) is 16.1. The number of carbonyl (C=O) groups is 1. The van der Waals surface area contributed by atoms with Gasteiger partial charge in [-0.25, -0.2) is 4.98 Å². The zero-order valence-corrected chi connectivity index (χ0v) is 13.1. The Morgan fingerprint density at radius 3 is 2.63 bits per heavy atom. The summed E-state index contributed by atoms with van der Waals surface area (Å²) in [5, 5.41) is 3.96. The number of nitrogens with one attached hydrogen (secondary N) is 1. The van der Waals surface area contributed by atoms with Crippen LogP contribution in [-0.4, -0.2) is 17.4 Å². The number of rotatable bonds is 7. The first-order valence-electron chi connectivity index (χ1n) is 6.84. The normalized spacial score (nSPS) is 14.4. The van der Waals surface area contributed by atoms with Crippen LogP contribution in [0.15, 0.2) is 6.20 Å². The highest BCUT2D eigenvalue weighted by atomic mass is 32.1. The van der Waals surface area contributed by atoms with Gasteiger partial charge in [0.15, 0.2) is 0 Å². The predicted molar refractivity (Wildman–Crippen MR) is 80.0 cm³/mol. The largest absolute Gasteiger partial charge is 0.347 e. The zero-order valence-electron chi connectivity index (χ0n) is 12.3. The average Bonchev–Trinajstić information content (AvgIpc) is 2.74. The van der Waals surface area contributed by atoms with Crippen LogP contribution in [0.1, 0.15) is 49.5 Å². The van der Waals surface area contributed by atoms with Crippen molar-refractivity contribution in [3.63, 3.8) is 0 Å². The van der Waals surface area contributed by atoms with Crippen LogP contribution in [0, 0.1) is 18.8 Å². The van der Waals surface area contributed by atoms with Gasteiger partial charge in [0.1, 0.15) is 5.01 Å². The maximum absolute atomic E-state index is 12.0. The first-order valence-corrected chi connectivity index (χ1v) is 7.65. The molecule has 1 heterocycles. The third-order valence-electron chi connectivity index (χ3n) is 3.00. The minimum atomic E-state index is -0.0244. The van der Waals surface area contributed by atoms with Crippen molar-refractivity contribution in [2.45, 2.75) is 46.6 Å². The van der Waals surface area contributed by atoms with Crippen molar-refractivity contribution in [3.8, 4) is 0 Å². The topological polar surface area (TPSA) is 68.0 Å². The Labute approximate surface area is 119 Å². The molecule has 0 spiro atoms. The number of hydrogen-bond acceptors (Lipinski definition) is 4. The lowest BCUT2D eigenvalue weighted by atomic mass is 9.94. The van der Waals surface area contributed by atoms with Crippen LogP contribution in [0.25, 0.3) is 0 Å². The monoisotopic (exact) mass is 283 g/mol. The maximum atomic E-state index is 12.0. The summed E-state index contributed by atoms with van der Waals surface area (Å²) in [6.45, 7) is 8.86. The van der Waals surface area contributed by atoms with Gasteiger partial charge in [0.25, 0.3) is 0 Å².